The van der Waals surface area contributed by atoms with E-state index in [1.54, 1.807) is 26.4 Å². The molecule has 0 unspecified atom stereocenters. The molecule has 0 aromatic heterocycles. The molecule has 0 aliphatic carbocycles. The maximum Gasteiger partial charge on any atom is 0.321 e. The largest absolute Gasteiger partial charge is 0.493 e. The molecule has 1 heterocycles. The lowest BCUT2D eigenvalue weighted by Gasteiger charge is -2.34. The third-order valence-electron chi connectivity index (χ3n) is 4.62. The zero-order valence-electron chi connectivity index (χ0n) is 15.6. The van der Waals surface area contributed by atoms with Gasteiger partial charge in [-0.25, -0.2) is 4.79 Å². The molecule has 0 spiro atoms. The van der Waals surface area contributed by atoms with E-state index in [4.69, 9.17) is 9.47 Å². The topological polar surface area (TPSA) is 54.0 Å². The first-order chi connectivity index (χ1) is 13.1. The molecule has 2 aromatic carbocycles. The molecule has 0 atom stereocenters. The summed E-state index contributed by atoms with van der Waals surface area (Å²) in [6.45, 7) is 4.02. The van der Waals surface area contributed by atoms with Gasteiger partial charge in [0, 0.05) is 49.3 Å². The van der Waals surface area contributed by atoms with E-state index in [0.29, 0.717) is 30.3 Å². The Morgan fingerprint density at radius 2 is 1.67 bits per heavy atom. The van der Waals surface area contributed by atoms with Crippen LogP contribution in [0.1, 0.15) is 5.56 Å². The minimum absolute atomic E-state index is 0.109. The van der Waals surface area contributed by atoms with Gasteiger partial charge in [-0.1, -0.05) is 30.3 Å². The van der Waals surface area contributed by atoms with Crippen LogP contribution in [0.4, 0.5) is 10.5 Å². The van der Waals surface area contributed by atoms with Crippen molar-refractivity contribution in [1.29, 1.82) is 0 Å². The van der Waals surface area contributed by atoms with Gasteiger partial charge >= 0.3 is 6.03 Å². The maximum absolute atomic E-state index is 12.6. The number of hydrogen-bond donors (Lipinski definition) is 1. The van der Waals surface area contributed by atoms with Crippen LogP contribution in [0, 0.1) is 0 Å². The van der Waals surface area contributed by atoms with Gasteiger partial charge in [-0.15, -0.1) is 0 Å². The standard InChI is InChI=1S/C20H24BrN3O3/c1-26-18-12-16(21)17(13-19(18)27-2)22-20(25)24-10-8-23(9-11-24)14-15-6-4-3-5-7-15/h3-7,12-13H,8-11,14H2,1-2H3,(H,22,25). The summed E-state index contributed by atoms with van der Waals surface area (Å²) < 4.78 is 11.3. The summed E-state index contributed by atoms with van der Waals surface area (Å²) in [4.78, 5) is 16.8. The number of nitrogens with zero attached hydrogens (tertiary/aromatic N) is 2. The molecule has 6 nitrogen and oxygen atoms in total. The van der Waals surface area contributed by atoms with Crippen LogP contribution in [-0.4, -0.2) is 56.2 Å². The van der Waals surface area contributed by atoms with Gasteiger partial charge in [-0.05, 0) is 21.5 Å². The van der Waals surface area contributed by atoms with Crippen molar-refractivity contribution in [2.24, 2.45) is 0 Å². The molecule has 0 radical (unpaired) electrons. The molecule has 27 heavy (non-hydrogen) atoms. The zero-order chi connectivity index (χ0) is 19.2. The molecule has 0 saturated carbocycles. The summed E-state index contributed by atoms with van der Waals surface area (Å²) in [7, 11) is 3.15. The number of halogens is 1. The molecule has 1 aliphatic rings. The summed E-state index contributed by atoms with van der Waals surface area (Å²) in [6.07, 6.45) is 0. The van der Waals surface area contributed by atoms with Crippen molar-refractivity contribution in [3.05, 3.63) is 52.5 Å². The number of carbonyl (C=O) groups excluding carboxylic acids is 1. The van der Waals surface area contributed by atoms with Crippen LogP contribution in [0.3, 0.4) is 0 Å². The van der Waals surface area contributed by atoms with Gasteiger partial charge in [0.15, 0.2) is 11.5 Å². The average molecular weight is 434 g/mol. The monoisotopic (exact) mass is 433 g/mol. The highest BCUT2D eigenvalue weighted by Crippen LogP contribution is 2.36. The van der Waals surface area contributed by atoms with E-state index < -0.39 is 0 Å². The molecule has 7 heteroatoms. The summed E-state index contributed by atoms with van der Waals surface area (Å²) in [5, 5.41) is 2.96. The summed E-state index contributed by atoms with van der Waals surface area (Å²) in [5.74, 6) is 1.18. The number of nitrogens with one attached hydrogen (secondary N) is 1. The van der Waals surface area contributed by atoms with Crippen molar-refractivity contribution >= 4 is 27.6 Å². The number of piperazine rings is 1. The first kappa shape index (κ1) is 19.5. The number of anilines is 1. The number of amides is 2. The lowest BCUT2D eigenvalue weighted by molar-refractivity contribution is 0.143. The number of ether oxygens (including phenoxy) is 2. The fourth-order valence-electron chi connectivity index (χ4n) is 3.09. The highest BCUT2D eigenvalue weighted by Gasteiger charge is 2.22. The molecule has 1 fully saturated rings. The molecule has 1 aliphatic heterocycles. The Kier molecular flexibility index (Phi) is 6.58. The Labute approximate surface area is 168 Å². The molecule has 0 bridgehead atoms. The Bertz CT molecular complexity index is 778. The molecule has 144 valence electrons. The number of urea groups is 1. The van der Waals surface area contributed by atoms with E-state index in [0.717, 1.165) is 24.1 Å². The van der Waals surface area contributed by atoms with Crippen molar-refractivity contribution in [3.63, 3.8) is 0 Å². The van der Waals surface area contributed by atoms with Crippen molar-refractivity contribution < 1.29 is 14.3 Å². The Balaban J connectivity index is 1.57. The van der Waals surface area contributed by atoms with E-state index in [1.165, 1.54) is 5.56 Å². The molecule has 1 saturated heterocycles. The summed E-state index contributed by atoms with van der Waals surface area (Å²) >= 11 is 3.47. The van der Waals surface area contributed by atoms with Gasteiger partial charge in [0.25, 0.3) is 0 Å². The van der Waals surface area contributed by atoms with Crippen LogP contribution < -0.4 is 14.8 Å². The van der Waals surface area contributed by atoms with Crippen molar-refractivity contribution in [2.45, 2.75) is 6.54 Å². The lowest BCUT2D eigenvalue weighted by atomic mass is 10.2. The van der Waals surface area contributed by atoms with Crippen LogP contribution in [0.5, 0.6) is 11.5 Å². The molecular weight excluding hydrogens is 410 g/mol. The van der Waals surface area contributed by atoms with Gasteiger partial charge in [0.2, 0.25) is 0 Å². The highest BCUT2D eigenvalue weighted by atomic mass is 79.9. The second kappa shape index (κ2) is 9.10. The maximum atomic E-state index is 12.6. The van der Waals surface area contributed by atoms with Crippen LogP contribution >= 0.6 is 15.9 Å². The van der Waals surface area contributed by atoms with E-state index in [2.05, 4.69) is 50.4 Å². The van der Waals surface area contributed by atoms with Crippen LogP contribution in [0.15, 0.2) is 46.9 Å². The van der Waals surface area contributed by atoms with E-state index in [1.807, 2.05) is 11.0 Å². The first-order valence-electron chi connectivity index (χ1n) is 8.84. The fourth-order valence-corrected chi connectivity index (χ4v) is 3.52. The Morgan fingerprint density at radius 3 is 2.30 bits per heavy atom. The normalized spacial score (nSPS) is 14.7. The second-order valence-electron chi connectivity index (χ2n) is 6.37. The van der Waals surface area contributed by atoms with E-state index >= 15 is 0 Å². The number of carbonyl (C=O) groups is 1. The molecule has 2 amide bonds. The summed E-state index contributed by atoms with van der Waals surface area (Å²) in [5.41, 5.74) is 1.95. The van der Waals surface area contributed by atoms with E-state index in [9.17, 15) is 4.79 Å². The number of methoxy groups -OCH3 is 2. The number of benzene rings is 2. The average Bonchev–Trinajstić information content (AvgIpc) is 2.70. The Morgan fingerprint density at radius 1 is 1.04 bits per heavy atom. The highest BCUT2D eigenvalue weighted by molar-refractivity contribution is 9.10. The van der Waals surface area contributed by atoms with Crippen LogP contribution in [-0.2, 0) is 6.54 Å². The van der Waals surface area contributed by atoms with Gasteiger partial charge < -0.3 is 19.7 Å². The van der Waals surface area contributed by atoms with Crippen molar-refractivity contribution in [3.8, 4) is 11.5 Å². The molecule has 2 aromatic rings. The van der Waals surface area contributed by atoms with Gasteiger partial charge in [0.1, 0.15) is 0 Å². The predicted molar refractivity (Wildman–Crippen MR) is 110 cm³/mol. The van der Waals surface area contributed by atoms with Crippen molar-refractivity contribution in [2.75, 3.05) is 45.7 Å². The lowest BCUT2D eigenvalue weighted by Crippen LogP contribution is -2.49. The quantitative estimate of drug-likeness (QED) is 0.778. The summed E-state index contributed by atoms with van der Waals surface area (Å²) in [6, 6.07) is 13.8. The van der Waals surface area contributed by atoms with Crippen molar-refractivity contribution in [1.82, 2.24) is 9.80 Å². The van der Waals surface area contributed by atoms with Gasteiger partial charge in [-0.3, -0.25) is 4.90 Å². The molecular formula is C20H24BrN3O3. The minimum atomic E-state index is -0.109. The molecule has 1 N–H and O–H groups in total. The zero-order valence-corrected chi connectivity index (χ0v) is 17.2. The number of rotatable bonds is 5. The predicted octanol–water partition coefficient (Wildman–Crippen LogP) is 3.82. The minimum Gasteiger partial charge on any atom is -0.493 e. The number of hydrogen-bond acceptors (Lipinski definition) is 4. The third-order valence-corrected chi connectivity index (χ3v) is 5.28. The van der Waals surface area contributed by atoms with Crippen LogP contribution in [0.25, 0.3) is 0 Å². The first-order valence-corrected chi connectivity index (χ1v) is 9.63. The molecule has 3 rings (SSSR count). The fraction of sp³-hybridized carbons (Fsp3) is 0.350. The van der Waals surface area contributed by atoms with Crippen LogP contribution in [0.2, 0.25) is 0 Å². The van der Waals surface area contributed by atoms with Gasteiger partial charge in [-0.2, -0.15) is 0 Å². The van der Waals surface area contributed by atoms with Gasteiger partial charge in [0.05, 0.1) is 19.9 Å². The second-order valence-corrected chi connectivity index (χ2v) is 7.22. The Hall–Kier alpha value is -2.25. The van der Waals surface area contributed by atoms with E-state index in [-0.39, 0.29) is 6.03 Å². The smallest absolute Gasteiger partial charge is 0.321 e. The SMILES string of the molecule is COc1cc(Br)c(NC(=O)N2CCN(Cc3ccccc3)CC2)cc1OC. The third kappa shape index (κ3) is 4.93.